The van der Waals surface area contributed by atoms with Crippen molar-refractivity contribution in [3.8, 4) is 5.75 Å². The number of hydrogen-bond donors (Lipinski definition) is 0. The highest BCUT2D eigenvalue weighted by atomic mass is 16.5. The Kier molecular flexibility index (Phi) is 14.0. The molecule has 0 aliphatic rings. The topological polar surface area (TPSA) is 56.5 Å². The van der Waals surface area contributed by atoms with E-state index in [2.05, 4.69) is 55.5 Å². The summed E-state index contributed by atoms with van der Waals surface area (Å²) < 4.78 is 10.8. The first kappa shape index (κ1) is 29.1. The van der Waals surface area contributed by atoms with Crippen LogP contribution in [0.2, 0.25) is 0 Å². The van der Waals surface area contributed by atoms with Crippen LogP contribution in [0.1, 0.15) is 82.3 Å². The second-order valence-electron chi connectivity index (χ2n) is 9.10. The zero-order chi connectivity index (χ0) is 26.0. The number of carbonyl (C=O) groups excluding carboxylic acids is 1. The monoisotopic (exact) mass is 490 g/mol. The Balaban J connectivity index is 1.64. The minimum atomic E-state index is -0.388. The number of ketones is 1. The molecular weight excluding hydrogens is 448 g/mol. The van der Waals surface area contributed by atoms with E-state index in [4.69, 9.17) is 9.15 Å². The average molecular weight is 491 g/mol. The average Bonchev–Trinajstić information content (AvgIpc) is 2.85. The summed E-state index contributed by atoms with van der Waals surface area (Å²) in [7, 11) is 1.59. The van der Waals surface area contributed by atoms with E-state index in [1.54, 1.807) is 13.2 Å². The van der Waals surface area contributed by atoms with Crippen LogP contribution < -0.4 is 10.4 Å². The molecule has 0 atom stereocenters. The minimum Gasteiger partial charge on any atom is -0.496 e. The molecule has 1 aromatic heterocycles. The molecule has 0 bridgehead atoms. The minimum absolute atomic E-state index is 0.151. The van der Waals surface area contributed by atoms with E-state index in [0.29, 0.717) is 17.8 Å². The zero-order valence-corrected chi connectivity index (χ0v) is 22.3. The van der Waals surface area contributed by atoms with Gasteiger partial charge in [0, 0.05) is 29.9 Å². The van der Waals surface area contributed by atoms with Gasteiger partial charge >= 0.3 is 5.63 Å². The lowest BCUT2D eigenvalue weighted by molar-refractivity contribution is -0.118. The van der Waals surface area contributed by atoms with E-state index in [0.717, 1.165) is 48.6 Å². The van der Waals surface area contributed by atoms with Crippen LogP contribution in [0.5, 0.6) is 5.75 Å². The van der Waals surface area contributed by atoms with E-state index in [1.165, 1.54) is 31.7 Å². The first-order valence-electron chi connectivity index (χ1n) is 13.3. The Labute approximate surface area is 216 Å². The van der Waals surface area contributed by atoms with Gasteiger partial charge in [0.05, 0.1) is 7.11 Å². The predicted octanol–water partition coefficient (Wildman–Crippen LogP) is 8.37. The Morgan fingerprint density at radius 3 is 2.08 bits per heavy atom. The molecule has 0 spiro atoms. The first-order chi connectivity index (χ1) is 17.5. The van der Waals surface area contributed by atoms with Crippen LogP contribution in [-0.4, -0.2) is 12.9 Å². The molecule has 0 amide bonds. The Hall–Kier alpha value is -3.14. The summed E-state index contributed by atoms with van der Waals surface area (Å²) in [5.41, 5.74) is 1.68. The van der Waals surface area contributed by atoms with Crippen LogP contribution in [0.15, 0.2) is 76.0 Å². The summed E-state index contributed by atoms with van der Waals surface area (Å²) in [6.07, 6.45) is 28.1. The number of allylic oxidation sites excluding steroid dienone is 8. The quantitative estimate of drug-likeness (QED) is 0.127. The number of Topliss-reactive ketones (excluding diaryl/α,β-unsaturated/α-hetero) is 1. The molecule has 0 saturated heterocycles. The number of rotatable bonds is 17. The van der Waals surface area contributed by atoms with Gasteiger partial charge in [-0.25, -0.2) is 4.79 Å². The van der Waals surface area contributed by atoms with Crippen molar-refractivity contribution in [1.29, 1.82) is 0 Å². The second-order valence-corrected chi connectivity index (χ2v) is 9.10. The van der Waals surface area contributed by atoms with Crippen LogP contribution in [-0.2, 0) is 11.2 Å². The maximum Gasteiger partial charge on any atom is 0.336 e. The van der Waals surface area contributed by atoms with Gasteiger partial charge < -0.3 is 9.15 Å². The molecule has 0 fully saturated rings. The summed E-state index contributed by atoms with van der Waals surface area (Å²) in [5.74, 6) is 0.798. The van der Waals surface area contributed by atoms with Crippen LogP contribution in [0.25, 0.3) is 11.0 Å². The summed E-state index contributed by atoms with van der Waals surface area (Å²) in [5, 5.41) is 0.822. The standard InChI is InChI=1S/C32H42O4/c1-4-5-6-7-8-9-10-11-12-13-14-15-16-17-18-19-20-21-28(33)23-27-24-31-29(25-30(27)35-3)26(2)22-32(34)36-31/h8-9,11-12,14-15,17-18,22,24-25H,4-7,10,13,16,19-21,23H2,1-3H3. The number of aryl methyl sites for hydroxylation is 1. The van der Waals surface area contributed by atoms with Crippen molar-refractivity contribution < 1.29 is 13.9 Å². The lowest BCUT2D eigenvalue weighted by Gasteiger charge is -2.10. The Morgan fingerprint density at radius 2 is 1.47 bits per heavy atom. The largest absolute Gasteiger partial charge is 0.496 e. The zero-order valence-electron chi connectivity index (χ0n) is 22.3. The number of carbonyl (C=O) groups is 1. The molecule has 0 radical (unpaired) electrons. The van der Waals surface area contributed by atoms with Gasteiger partial charge in [0.15, 0.2) is 0 Å². The second kappa shape index (κ2) is 17.3. The fraction of sp³-hybridized carbons (Fsp3) is 0.438. The van der Waals surface area contributed by atoms with E-state index in [-0.39, 0.29) is 17.8 Å². The molecule has 0 aliphatic carbocycles. The number of unbranched alkanes of at least 4 members (excludes halogenated alkanes) is 4. The summed E-state index contributed by atoms with van der Waals surface area (Å²) in [4.78, 5) is 24.2. The molecule has 4 nitrogen and oxygen atoms in total. The predicted molar refractivity (Wildman–Crippen MR) is 151 cm³/mol. The number of benzene rings is 1. The van der Waals surface area contributed by atoms with Crippen molar-refractivity contribution in [2.45, 2.75) is 84.5 Å². The van der Waals surface area contributed by atoms with Crippen molar-refractivity contribution in [2.24, 2.45) is 0 Å². The maximum atomic E-state index is 12.5. The lowest BCUT2D eigenvalue weighted by Crippen LogP contribution is -2.05. The fourth-order valence-corrected chi connectivity index (χ4v) is 3.99. The third-order valence-electron chi connectivity index (χ3n) is 6.02. The van der Waals surface area contributed by atoms with Gasteiger partial charge in [-0.2, -0.15) is 0 Å². The van der Waals surface area contributed by atoms with E-state index in [1.807, 2.05) is 13.0 Å². The van der Waals surface area contributed by atoms with Gasteiger partial charge in [0.25, 0.3) is 0 Å². The van der Waals surface area contributed by atoms with Gasteiger partial charge in [0.2, 0.25) is 0 Å². The first-order valence-corrected chi connectivity index (χ1v) is 13.3. The third kappa shape index (κ3) is 11.1. The maximum absolute atomic E-state index is 12.5. The number of ether oxygens (including phenoxy) is 1. The fourth-order valence-electron chi connectivity index (χ4n) is 3.99. The molecule has 0 saturated carbocycles. The van der Waals surface area contributed by atoms with Crippen LogP contribution in [0.4, 0.5) is 0 Å². The highest BCUT2D eigenvalue weighted by Crippen LogP contribution is 2.28. The highest BCUT2D eigenvalue weighted by Gasteiger charge is 2.13. The summed E-state index contributed by atoms with van der Waals surface area (Å²) >= 11 is 0. The van der Waals surface area contributed by atoms with E-state index in [9.17, 15) is 9.59 Å². The van der Waals surface area contributed by atoms with Gasteiger partial charge in [-0.1, -0.05) is 68.4 Å². The SMILES string of the molecule is CCCCCC=CCC=CCC=CCC=CCCCC(=O)Cc1cc2oc(=O)cc(C)c2cc1OC. The molecule has 2 rings (SSSR count). The molecule has 1 heterocycles. The molecular formula is C32H42O4. The van der Waals surface area contributed by atoms with Crippen LogP contribution in [0, 0.1) is 6.92 Å². The van der Waals surface area contributed by atoms with Gasteiger partial charge in [-0.3, -0.25) is 4.79 Å². The van der Waals surface area contributed by atoms with Crippen molar-refractivity contribution in [3.63, 3.8) is 0 Å². The molecule has 0 N–H and O–H groups in total. The molecule has 0 aliphatic heterocycles. The molecule has 36 heavy (non-hydrogen) atoms. The van der Waals surface area contributed by atoms with Crippen molar-refractivity contribution in [2.75, 3.05) is 7.11 Å². The van der Waals surface area contributed by atoms with Crippen molar-refractivity contribution in [1.82, 2.24) is 0 Å². The molecule has 194 valence electrons. The summed E-state index contributed by atoms with van der Waals surface area (Å²) in [6, 6.07) is 5.06. The Bertz CT molecular complexity index is 1110. The van der Waals surface area contributed by atoms with Crippen LogP contribution in [0.3, 0.4) is 0 Å². The number of methoxy groups -OCH3 is 1. The normalized spacial score (nSPS) is 12.2. The van der Waals surface area contributed by atoms with Gasteiger partial charge in [-0.05, 0) is 69.6 Å². The number of fused-ring (bicyclic) bond motifs is 1. The molecule has 4 heteroatoms. The highest BCUT2D eigenvalue weighted by molar-refractivity contribution is 5.86. The van der Waals surface area contributed by atoms with Gasteiger partial charge in [-0.15, -0.1) is 0 Å². The molecule has 1 aromatic carbocycles. The van der Waals surface area contributed by atoms with Crippen molar-refractivity contribution in [3.05, 3.63) is 88.4 Å². The van der Waals surface area contributed by atoms with Gasteiger partial charge in [0.1, 0.15) is 17.1 Å². The Morgan fingerprint density at radius 1 is 0.861 bits per heavy atom. The van der Waals surface area contributed by atoms with E-state index >= 15 is 0 Å². The van der Waals surface area contributed by atoms with Crippen LogP contribution >= 0.6 is 0 Å². The summed E-state index contributed by atoms with van der Waals surface area (Å²) in [6.45, 7) is 4.09. The number of hydrogen-bond acceptors (Lipinski definition) is 4. The van der Waals surface area contributed by atoms with Crippen molar-refractivity contribution >= 4 is 16.8 Å². The molecule has 2 aromatic rings. The third-order valence-corrected chi connectivity index (χ3v) is 6.02. The van der Waals surface area contributed by atoms with E-state index < -0.39 is 0 Å². The molecule has 0 unspecified atom stereocenters. The smallest absolute Gasteiger partial charge is 0.336 e. The lowest BCUT2D eigenvalue weighted by atomic mass is 10.0.